The van der Waals surface area contributed by atoms with E-state index in [-0.39, 0.29) is 32.2 Å². The molecule has 3 rings (SSSR count). The second-order valence-corrected chi connectivity index (χ2v) is 9.95. The number of carbonyl (C=O) groups is 1. The Morgan fingerprint density at radius 2 is 1.76 bits per heavy atom. The van der Waals surface area contributed by atoms with Crippen LogP contribution in [0.15, 0.2) is 48.6 Å². The Kier molecular flexibility index (Phi) is 11.5. The number of ether oxygens (including phenoxy) is 3. The third kappa shape index (κ3) is 8.60. The smallest absolute Gasteiger partial charge is 0.333 e. The lowest BCUT2D eigenvalue weighted by Crippen LogP contribution is -2.13. The molecule has 0 bridgehead atoms. The van der Waals surface area contributed by atoms with Crippen molar-refractivity contribution in [2.45, 2.75) is 71.1 Å². The van der Waals surface area contributed by atoms with E-state index < -0.39 is 5.97 Å². The molecule has 0 aromatic heterocycles. The molecule has 0 atom stereocenters. The fourth-order valence-electron chi connectivity index (χ4n) is 4.96. The van der Waals surface area contributed by atoms with Gasteiger partial charge in [-0.25, -0.2) is 9.18 Å². The van der Waals surface area contributed by atoms with Crippen molar-refractivity contribution in [1.29, 1.82) is 0 Å². The molecule has 0 radical (unpaired) electrons. The predicted octanol–water partition coefficient (Wildman–Crippen LogP) is 7.22. The van der Waals surface area contributed by atoms with Crippen LogP contribution in [0.5, 0.6) is 11.5 Å². The van der Waals surface area contributed by atoms with Gasteiger partial charge in [-0.3, -0.25) is 0 Å². The van der Waals surface area contributed by atoms with Crippen molar-refractivity contribution in [2.75, 3.05) is 26.4 Å². The Morgan fingerprint density at radius 3 is 2.43 bits per heavy atom. The van der Waals surface area contributed by atoms with E-state index in [0.29, 0.717) is 34.1 Å². The minimum absolute atomic E-state index is 0.0409. The summed E-state index contributed by atoms with van der Waals surface area (Å²) in [6.07, 6.45) is 9.94. The maximum Gasteiger partial charge on any atom is 0.333 e. The summed E-state index contributed by atoms with van der Waals surface area (Å²) in [5.74, 6) is 1.32. The summed E-state index contributed by atoms with van der Waals surface area (Å²) in [5.41, 5.74) is 2.54. The summed E-state index contributed by atoms with van der Waals surface area (Å²) in [4.78, 5) is 11.6. The summed E-state index contributed by atoms with van der Waals surface area (Å²) in [5, 5.41) is 9.13. The molecule has 6 heteroatoms. The van der Waals surface area contributed by atoms with Gasteiger partial charge in [-0.05, 0) is 73.8 Å². The minimum Gasteiger partial charge on any atom is -0.487 e. The van der Waals surface area contributed by atoms with E-state index in [0.717, 1.165) is 24.3 Å². The van der Waals surface area contributed by atoms with Crippen molar-refractivity contribution < 1.29 is 28.5 Å². The Labute approximate surface area is 220 Å². The number of esters is 1. The van der Waals surface area contributed by atoms with Gasteiger partial charge in [-0.15, -0.1) is 0 Å². The lowest BCUT2D eigenvalue weighted by Gasteiger charge is -2.29. The molecule has 1 N–H and O–H groups in total. The average molecular weight is 513 g/mol. The highest BCUT2D eigenvalue weighted by molar-refractivity contribution is 5.86. The Bertz CT molecular complexity index is 1030. The van der Waals surface area contributed by atoms with Gasteiger partial charge >= 0.3 is 5.97 Å². The zero-order valence-electron chi connectivity index (χ0n) is 22.3. The molecule has 1 aliphatic rings. The molecule has 1 saturated carbocycles. The van der Waals surface area contributed by atoms with Crippen LogP contribution in [0.1, 0.15) is 76.7 Å². The van der Waals surface area contributed by atoms with E-state index in [1.165, 1.54) is 38.5 Å². The Balaban J connectivity index is 1.67. The molecule has 0 aliphatic heterocycles. The number of halogens is 1. The fraction of sp³-hybridized carbons (Fsp3) is 0.516. The van der Waals surface area contributed by atoms with Crippen molar-refractivity contribution >= 4 is 5.97 Å². The van der Waals surface area contributed by atoms with Gasteiger partial charge in [-0.1, -0.05) is 57.4 Å². The van der Waals surface area contributed by atoms with Crippen molar-refractivity contribution in [3.63, 3.8) is 0 Å². The third-order valence-corrected chi connectivity index (χ3v) is 7.05. The molecule has 0 unspecified atom stereocenters. The predicted molar refractivity (Wildman–Crippen MR) is 145 cm³/mol. The second-order valence-electron chi connectivity index (χ2n) is 9.95. The maximum atomic E-state index is 15.3. The first kappa shape index (κ1) is 28.7. The molecule has 37 heavy (non-hydrogen) atoms. The zero-order valence-corrected chi connectivity index (χ0v) is 22.3. The van der Waals surface area contributed by atoms with Gasteiger partial charge in [0.1, 0.15) is 25.6 Å². The van der Waals surface area contributed by atoms with E-state index in [4.69, 9.17) is 19.3 Å². The highest BCUT2D eigenvalue weighted by atomic mass is 19.1. The average Bonchev–Trinajstić information content (AvgIpc) is 2.90. The molecule has 1 aliphatic carbocycles. The van der Waals surface area contributed by atoms with Crippen LogP contribution in [-0.4, -0.2) is 37.5 Å². The quantitative estimate of drug-likeness (QED) is 0.164. The maximum absolute atomic E-state index is 15.3. The number of aliphatic hydroxyl groups is 1. The summed E-state index contributed by atoms with van der Waals surface area (Å²) in [6.45, 7) is 7.47. The van der Waals surface area contributed by atoms with Crippen LogP contribution in [0.4, 0.5) is 4.39 Å². The minimum atomic E-state index is -0.485. The molecular weight excluding hydrogens is 471 g/mol. The molecule has 0 saturated heterocycles. The van der Waals surface area contributed by atoms with Gasteiger partial charge in [0.05, 0.1) is 6.61 Å². The molecular formula is C31H41FO5. The number of hydrogen-bond donors (Lipinski definition) is 1. The van der Waals surface area contributed by atoms with E-state index >= 15 is 4.39 Å². The summed E-state index contributed by atoms with van der Waals surface area (Å²) >= 11 is 0. The van der Waals surface area contributed by atoms with Gasteiger partial charge < -0.3 is 19.3 Å². The van der Waals surface area contributed by atoms with E-state index in [1.54, 1.807) is 31.2 Å². The first-order valence-corrected chi connectivity index (χ1v) is 13.6. The van der Waals surface area contributed by atoms with Crippen LogP contribution in [-0.2, 0) is 9.53 Å². The lowest BCUT2D eigenvalue weighted by atomic mass is 9.77. The highest BCUT2D eigenvalue weighted by Crippen LogP contribution is 2.40. The number of aliphatic hydroxyl groups excluding tert-OH is 1. The number of unbranched alkanes of at least 4 members (excludes halogenated alkanes) is 2. The van der Waals surface area contributed by atoms with Crippen LogP contribution in [0.25, 0.3) is 11.1 Å². The monoisotopic (exact) mass is 512 g/mol. The Hall–Kier alpha value is -2.86. The van der Waals surface area contributed by atoms with E-state index in [2.05, 4.69) is 13.5 Å². The molecule has 202 valence electrons. The van der Waals surface area contributed by atoms with Crippen molar-refractivity contribution in [3.05, 3.63) is 59.9 Å². The van der Waals surface area contributed by atoms with Crippen LogP contribution in [0.3, 0.4) is 0 Å². The number of benzene rings is 2. The zero-order chi connectivity index (χ0) is 26.6. The van der Waals surface area contributed by atoms with Crippen LogP contribution in [0, 0.1) is 11.7 Å². The first-order chi connectivity index (χ1) is 17.9. The number of carbonyl (C=O) groups excluding carboxylic acids is 1. The first-order valence-electron chi connectivity index (χ1n) is 13.6. The molecule has 5 nitrogen and oxygen atoms in total. The summed E-state index contributed by atoms with van der Waals surface area (Å²) in [7, 11) is 0. The van der Waals surface area contributed by atoms with Gasteiger partial charge in [0.2, 0.25) is 0 Å². The van der Waals surface area contributed by atoms with Crippen LogP contribution >= 0.6 is 0 Å². The highest BCUT2D eigenvalue weighted by Gasteiger charge is 2.23. The van der Waals surface area contributed by atoms with Gasteiger partial charge in [0.15, 0.2) is 11.5 Å². The summed E-state index contributed by atoms with van der Waals surface area (Å²) < 4.78 is 31.8. The number of rotatable bonds is 14. The van der Waals surface area contributed by atoms with Crippen LogP contribution in [0.2, 0.25) is 0 Å². The van der Waals surface area contributed by atoms with Crippen molar-refractivity contribution in [3.8, 4) is 22.6 Å². The SMILES string of the molecule is C=C(C)C(=O)OCCOc1cc(-c2ccc(C3CCC(CCCCC)CC3)cc2F)ccc1OCCO. The normalized spacial score (nSPS) is 17.3. The lowest BCUT2D eigenvalue weighted by molar-refractivity contribution is -0.139. The van der Waals surface area contributed by atoms with Gasteiger partial charge in [0, 0.05) is 11.1 Å². The topological polar surface area (TPSA) is 65.0 Å². The number of hydrogen-bond acceptors (Lipinski definition) is 5. The van der Waals surface area contributed by atoms with Gasteiger partial charge in [-0.2, -0.15) is 0 Å². The van der Waals surface area contributed by atoms with Crippen LogP contribution < -0.4 is 9.47 Å². The fourth-order valence-corrected chi connectivity index (χ4v) is 4.96. The largest absolute Gasteiger partial charge is 0.487 e. The molecule has 0 spiro atoms. The summed E-state index contributed by atoms with van der Waals surface area (Å²) in [6, 6.07) is 10.8. The molecule has 0 amide bonds. The second kappa shape index (κ2) is 14.8. The molecule has 2 aromatic carbocycles. The molecule has 2 aromatic rings. The van der Waals surface area contributed by atoms with Crippen molar-refractivity contribution in [2.24, 2.45) is 5.92 Å². The van der Waals surface area contributed by atoms with Crippen molar-refractivity contribution in [1.82, 2.24) is 0 Å². The third-order valence-electron chi connectivity index (χ3n) is 7.05. The van der Waals surface area contributed by atoms with E-state index in [9.17, 15) is 4.79 Å². The van der Waals surface area contributed by atoms with Gasteiger partial charge in [0.25, 0.3) is 0 Å². The molecule has 1 fully saturated rings. The standard InChI is InChI=1S/C31H41FO5/c1-4-5-6-7-23-8-10-24(11-9-23)25-12-14-27(28(32)20-25)26-13-15-29(35-17-16-33)30(21-26)36-18-19-37-31(34)22(2)3/h12-15,20-21,23-24,33H,2,4-11,16-19H2,1,3H3. The molecule has 0 heterocycles. The van der Waals surface area contributed by atoms with E-state index in [1.807, 2.05) is 12.1 Å². The Morgan fingerprint density at radius 1 is 1.00 bits per heavy atom.